The Bertz CT molecular complexity index is 851. The Labute approximate surface area is 135 Å². The van der Waals surface area contributed by atoms with Crippen molar-refractivity contribution in [1.29, 1.82) is 0 Å². The van der Waals surface area contributed by atoms with Crippen molar-refractivity contribution in [3.05, 3.63) is 72.0 Å². The second-order valence-corrected chi connectivity index (χ2v) is 4.94. The van der Waals surface area contributed by atoms with Crippen LogP contribution in [0.3, 0.4) is 0 Å². The number of carbonyl (C=O) groups is 1. The molecule has 3 nitrogen and oxygen atoms in total. The highest BCUT2D eigenvalue weighted by molar-refractivity contribution is 5.74. The summed E-state index contributed by atoms with van der Waals surface area (Å²) in [6, 6.07) is 14.6. The fraction of sp³-hybridized carbons (Fsp3) is 0.0556. The molecule has 3 rings (SSSR count). The fourth-order valence-corrected chi connectivity index (χ4v) is 2.16. The lowest BCUT2D eigenvalue weighted by Gasteiger charge is -2.13. The van der Waals surface area contributed by atoms with Gasteiger partial charge in [0, 0.05) is 0 Å². The minimum atomic E-state index is -4.50. The van der Waals surface area contributed by atoms with E-state index in [1.807, 2.05) is 0 Å². The molecule has 24 heavy (non-hydrogen) atoms. The van der Waals surface area contributed by atoms with Gasteiger partial charge in [-0.15, -0.1) is 0 Å². The molecule has 122 valence electrons. The van der Waals surface area contributed by atoms with Crippen molar-refractivity contribution in [1.82, 2.24) is 0 Å². The van der Waals surface area contributed by atoms with Crippen LogP contribution in [0.1, 0.15) is 16.1 Å². The molecule has 0 aliphatic rings. The van der Waals surface area contributed by atoms with E-state index in [4.69, 9.17) is 9.15 Å². The molecule has 3 aromatic rings. The number of carbonyl (C=O) groups excluding carboxylic acids is 1. The number of rotatable bonds is 4. The van der Waals surface area contributed by atoms with Crippen LogP contribution in [0.4, 0.5) is 13.2 Å². The number of para-hydroxylation sites is 1. The normalized spacial score (nSPS) is 11.3. The van der Waals surface area contributed by atoms with E-state index < -0.39 is 11.7 Å². The molecule has 0 unspecified atom stereocenters. The first-order valence-corrected chi connectivity index (χ1v) is 6.97. The van der Waals surface area contributed by atoms with E-state index in [0.29, 0.717) is 12.0 Å². The van der Waals surface area contributed by atoms with Gasteiger partial charge in [-0.25, -0.2) is 0 Å². The summed E-state index contributed by atoms with van der Waals surface area (Å²) in [6.45, 7) is 0. The van der Waals surface area contributed by atoms with Gasteiger partial charge in [-0.2, -0.15) is 13.2 Å². The van der Waals surface area contributed by atoms with Crippen molar-refractivity contribution >= 4 is 6.29 Å². The van der Waals surface area contributed by atoms with Gasteiger partial charge in [0.2, 0.25) is 0 Å². The maximum absolute atomic E-state index is 13.0. The van der Waals surface area contributed by atoms with Crippen LogP contribution in [-0.2, 0) is 6.18 Å². The standard InChI is InChI=1S/C18H11F3O3/c19-18(20,21)12-6-8-16(23-13-4-2-1-3-5-13)15(10-12)17-9-7-14(11-22)24-17/h1-11H. The number of alkyl halides is 3. The van der Waals surface area contributed by atoms with E-state index in [2.05, 4.69) is 0 Å². The molecule has 0 amide bonds. The Morgan fingerprint density at radius 1 is 0.958 bits per heavy atom. The van der Waals surface area contributed by atoms with Crippen LogP contribution < -0.4 is 4.74 Å². The number of ether oxygens (including phenoxy) is 1. The third-order valence-electron chi connectivity index (χ3n) is 3.29. The van der Waals surface area contributed by atoms with Gasteiger partial charge in [-0.3, -0.25) is 4.79 Å². The predicted molar refractivity (Wildman–Crippen MR) is 81.0 cm³/mol. The molecule has 0 fully saturated rings. The highest BCUT2D eigenvalue weighted by Gasteiger charge is 2.31. The third-order valence-corrected chi connectivity index (χ3v) is 3.29. The summed E-state index contributed by atoms with van der Waals surface area (Å²) in [4.78, 5) is 10.7. The highest BCUT2D eigenvalue weighted by atomic mass is 19.4. The van der Waals surface area contributed by atoms with Crippen LogP contribution in [0, 0.1) is 0 Å². The largest absolute Gasteiger partial charge is 0.457 e. The van der Waals surface area contributed by atoms with Crippen molar-refractivity contribution < 1.29 is 27.1 Å². The predicted octanol–water partition coefficient (Wildman–Crippen LogP) is 5.57. The maximum atomic E-state index is 13.0. The van der Waals surface area contributed by atoms with Crippen LogP contribution in [0.15, 0.2) is 65.1 Å². The summed E-state index contributed by atoms with van der Waals surface area (Å²) < 4.78 is 49.9. The quantitative estimate of drug-likeness (QED) is 0.586. The van der Waals surface area contributed by atoms with Crippen molar-refractivity contribution in [3.8, 4) is 22.8 Å². The highest BCUT2D eigenvalue weighted by Crippen LogP contribution is 2.39. The Balaban J connectivity index is 2.08. The SMILES string of the molecule is O=Cc1ccc(-c2cc(C(F)(F)F)ccc2Oc2ccccc2)o1. The van der Waals surface area contributed by atoms with E-state index in [1.165, 1.54) is 18.2 Å². The van der Waals surface area contributed by atoms with Gasteiger partial charge in [0.05, 0.1) is 11.1 Å². The molecule has 1 aromatic heterocycles. The topological polar surface area (TPSA) is 39.4 Å². The van der Waals surface area contributed by atoms with Crippen molar-refractivity contribution in [3.63, 3.8) is 0 Å². The first kappa shape index (κ1) is 15.9. The molecule has 0 N–H and O–H groups in total. The van der Waals surface area contributed by atoms with Gasteiger partial charge in [0.25, 0.3) is 0 Å². The van der Waals surface area contributed by atoms with Gasteiger partial charge in [0.15, 0.2) is 12.0 Å². The Morgan fingerprint density at radius 2 is 1.71 bits per heavy atom. The third kappa shape index (κ3) is 3.32. The minimum absolute atomic E-state index is 0.0214. The number of furan rings is 1. The summed E-state index contributed by atoms with van der Waals surface area (Å²) in [5, 5.41) is 0. The van der Waals surface area contributed by atoms with Crippen LogP contribution >= 0.6 is 0 Å². The molecule has 0 radical (unpaired) electrons. The average Bonchev–Trinajstić information content (AvgIpc) is 3.04. The molecular weight excluding hydrogens is 321 g/mol. The zero-order valence-electron chi connectivity index (χ0n) is 12.2. The molecule has 6 heteroatoms. The number of hydrogen-bond donors (Lipinski definition) is 0. The molecule has 0 aliphatic heterocycles. The number of halogens is 3. The zero-order chi connectivity index (χ0) is 17.2. The van der Waals surface area contributed by atoms with Crippen LogP contribution in [-0.4, -0.2) is 6.29 Å². The lowest BCUT2D eigenvalue weighted by Crippen LogP contribution is -2.05. The van der Waals surface area contributed by atoms with Crippen LogP contribution in [0.5, 0.6) is 11.5 Å². The molecule has 0 saturated heterocycles. The van der Waals surface area contributed by atoms with E-state index >= 15 is 0 Å². The van der Waals surface area contributed by atoms with Crippen LogP contribution in [0.2, 0.25) is 0 Å². The molecule has 0 bridgehead atoms. The Kier molecular flexibility index (Phi) is 4.12. The first-order valence-electron chi connectivity index (χ1n) is 6.97. The fourth-order valence-electron chi connectivity index (χ4n) is 2.16. The van der Waals surface area contributed by atoms with Gasteiger partial charge < -0.3 is 9.15 Å². The Hall–Kier alpha value is -3.02. The molecule has 2 aromatic carbocycles. The number of benzene rings is 2. The molecule has 1 heterocycles. The van der Waals surface area contributed by atoms with Gasteiger partial charge in [-0.05, 0) is 42.5 Å². The molecular formula is C18H11F3O3. The lowest BCUT2D eigenvalue weighted by atomic mass is 10.1. The smallest absolute Gasteiger partial charge is 0.416 e. The zero-order valence-corrected chi connectivity index (χ0v) is 12.2. The maximum Gasteiger partial charge on any atom is 0.416 e. The first-order chi connectivity index (χ1) is 11.5. The monoisotopic (exact) mass is 332 g/mol. The molecule has 0 aliphatic carbocycles. The molecule has 0 atom stereocenters. The summed E-state index contributed by atoms with van der Waals surface area (Å²) in [6.07, 6.45) is -4.02. The average molecular weight is 332 g/mol. The molecule has 0 saturated carbocycles. The van der Waals surface area contributed by atoms with Gasteiger partial charge >= 0.3 is 6.18 Å². The second-order valence-electron chi connectivity index (χ2n) is 4.94. The van der Waals surface area contributed by atoms with E-state index in [0.717, 1.165) is 12.1 Å². The van der Waals surface area contributed by atoms with E-state index in [9.17, 15) is 18.0 Å². The molecule has 0 spiro atoms. The van der Waals surface area contributed by atoms with E-state index in [-0.39, 0.29) is 22.8 Å². The lowest BCUT2D eigenvalue weighted by molar-refractivity contribution is -0.137. The van der Waals surface area contributed by atoms with Gasteiger partial charge in [-0.1, -0.05) is 18.2 Å². The van der Waals surface area contributed by atoms with Crippen LogP contribution in [0.25, 0.3) is 11.3 Å². The van der Waals surface area contributed by atoms with Gasteiger partial charge in [0.1, 0.15) is 17.3 Å². The summed E-state index contributed by atoms with van der Waals surface area (Å²) in [7, 11) is 0. The Morgan fingerprint density at radius 3 is 2.33 bits per heavy atom. The summed E-state index contributed by atoms with van der Waals surface area (Å²) >= 11 is 0. The number of hydrogen-bond acceptors (Lipinski definition) is 3. The second kappa shape index (κ2) is 6.23. The van der Waals surface area contributed by atoms with Crippen molar-refractivity contribution in [2.45, 2.75) is 6.18 Å². The van der Waals surface area contributed by atoms with Crippen molar-refractivity contribution in [2.24, 2.45) is 0 Å². The minimum Gasteiger partial charge on any atom is -0.457 e. The summed E-state index contributed by atoms with van der Waals surface area (Å²) in [5.74, 6) is 0.809. The van der Waals surface area contributed by atoms with Crippen molar-refractivity contribution in [2.75, 3.05) is 0 Å². The number of aldehydes is 1. The van der Waals surface area contributed by atoms with E-state index in [1.54, 1.807) is 30.3 Å². The summed E-state index contributed by atoms with van der Waals surface area (Å²) in [5.41, 5.74) is -0.719.